The standard InChI is InChI=1S/C55H86O6/c1-4-7-10-13-16-19-22-25-27-30-33-36-39-42-45-48-54(57)60-51-52(50-59-53(56)47-44-41-38-35-32-29-24-21-18-15-12-9-6-3)61-55(58)49-46-43-40-37-34-31-28-26-23-20-17-14-11-8-5-2/h7-12,16-21,25-29,32,38,41,52H,4-6,13-15,22-24,30-31,33-37,39-40,42-51H2,1-3H3/b10-7-,11-8-,12-9-,19-16-,20-17-,21-18-,27-25-,28-26-,32-29-,41-38-. The first-order chi connectivity index (χ1) is 30.0. The number of hydrogen-bond donors (Lipinski definition) is 0. The van der Waals surface area contributed by atoms with Gasteiger partial charge in [-0.1, -0.05) is 181 Å². The molecule has 0 aromatic heterocycles. The molecule has 0 amide bonds. The van der Waals surface area contributed by atoms with Crippen molar-refractivity contribution in [2.45, 2.75) is 194 Å². The van der Waals surface area contributed by atoms with Crippen molar-refractivity contribution < 1.29 is 28.6 Å². The monoisotopic (exact) mass is 843 g/mol. The lowest BCUT2D eigenvalue weighted by Crippen LogP contribution is -2.30. The molecule has 0 bridgehead atoms. The van der Waals surface area contributed by atoms with Crippen LogP contribution < -0.4 is 0 Å². The van der Waals surface area contributed by atoms with Gasteiger partial charge in [-0.15, -0.1) is 0 Å². The summed E-state index contributed by atoms with van der Waals surface area (Å²) in [6.07, 6.45) is 66.2. The molecular weight excluding hydrogens is 757 g/mol. The summed E-state index contributed by atoms with van der Waals surface area (Å²) in [6, 6.07) is 0. The number of carbonyl (C=O) groups is 3. The SMILES string of the molecule is CC/C=C\C/C=C\C/C=C\C/C=C\CCC(=O)OCC(COC(=O)CCCCCCC/C=C\C/C=C\C/C=C\CC)OC(=O)CCCCCCC/C=C\C/C=C\C/C=C\CC. The summed E-state index contributed by atoms with van der Waals surface area (Å²) < 4.78 is 16.7. The van der Waals surface area contributed by atoms with Gasteiger partial charge in [-0.3, -0.25) is 14.4 Å². The van der Waals surface area contributed by atoms with Crippen LogP contribution in [0.1, 0.15) is 188 Å². The van der Waals surface area contributed by atoms with Crippen molar-refractivity contribution in [2.75, 3.05) is 13.2 Å². The molecule has 0 radical (unpaired) electrons. The second-order valence-corrected chi connectivity index (χ2v) is 15.2. The van der Waals surface area contributed by atoms with Gasteiger partial charge < -0.3 is 14.2 Å². The molecule has 0 aromatic carbocycles. The van der Waals surface area contributed by atoms with Crippen molar-refractivity contribution in [1.82, 2.24) is 0 Å². The van der Waals surface area contributed by atoms with Gasteiger partial charge in [-0.2, -0.15) is 0 Å². The van der Waals surface area contributed by atoms with Crippen LogP contribution in [0.5, 0.6) is 0 Å². The van der Waals surface area contributed by atoms with Gasteiger partial charge in [0.25, 0.3) is 0 Å². The van der Waals surface area contributed by atoms with Crippen molar-refractivity contribution in [2.24, 2.45) is 0 Å². The van der Waals surface area contributed by atoms with E-state index in [2.05, 4.69) is 130 Å². The largest absolute Gasteiger partial charge is 0.462 e. The minimum Gasteiger partial charge on any atom is -0.462 e. The number of unbranched alkanes of at least 4 members (excludes halogenated alkanes) is 10. The number of rotatable bonds is 41. The molecule has 0 N–H and O–H groups in total. The highest BCUT2D eigenvalue weighted by atomic mass is 16.6. The number of esters is 3. The molecule has 6 heteroatoms. The Balaban J connectivity index is 4.56. The van der Waals surface area contributed by atoms with E-state index in [1.54, 1.807) is 0 Å². The van der Waals surface area contributed by atoms with E-state index in [0.717, 1.165) is 141 Å². The van der Waals surface area contributed by atoms with E-state index in [9.17, 15) is 14.4 Å². The Labute approximate surface area is 373 Å². The van der Waals surface area contributed by atoms with E-state index in [0.29, 0.717) is 12.8 Å². The molecule has 0 spiro atoms. The van der Waals surface area contributed by atoms with Crippen molar-refractivity contribution in [3.8, 4) is 0 Å². The highest BCUT2D eigenvalue weighted by molar-refractivity contribution is 5.71. The third-order valence-electron chi connectivity index (χ3n) is 9.46. The third kappa shape index (κ3) is 46.7. The summed E-state index contributed by atoms with van der Waals surface area (Å²) in [5, 5.41) is 0. The van der Waals surface area contributed by atoms with Gasteiger partial charge in [-0.05, 0) is 109 Å². The molecule has 0 fully saturated rings. The van der Waals surface area contributed by atoms with Crippen LogP contribution >= 0.6 is 0 Å². The van der Waals surface area contributed by atoms with Crippen molar-refractivity contribution in [3.63, 3.8) is 0 Å². The van der Waals surface area contributed by atoms with Crippen LogP contribution in [0.3, 0.4) is 0 Å². The van der Waals surface area contributed by atoms with Crippen LogP contribution in [-0.4, -0.2) is 37.2 Å². The molecule has 0 heterocycles. The molecule has 0 aliphatic heterocycles. The molecule has 0 aromatic rings. The van der Waals surface area contributed by atoms with E-state index < -0.39 is 6.10 Å². The summed E-state index contributed by atoms with van der Waals surface area (Å²) in [7, 11) is 0. The second kappa shape index (κ2) is 48.5. The minimum absolute atomic E-state index is 0.120. The Bertz CT molecular complexity index is 1340. The van der Waals surface area contributed by atoms with Crippen LogP contribution in [0.15, 0.2) is 122 Å². The van der Waals surface area contributed by atoms with Crippen LogP contribution in [-0.2, 0) is 28.6 Å². The fourth-order valence-electron chi connectivity index (χ4n) is 5.95. The average Bonchev–Trinajstić information content (AvgIpc) is 3.26. The highest BCUT2D eigenvalue weighted by Crippen LogP contribution is 2.12. The predicted molar refractivity (Wildman–Crippen MR) is 260 cm³/mol. The second-order valence-electron chi connectivity index (χ2n) is 15.2. The highest BCUT2D eigenvalue weighted by Gasteiger charge is 2.19. The number of carbonyl (C=O) groups excluding carboxylic acids is 3. The maximum Gasteiger partial charge on any atom is 0.306 e. The molecule has 1 atom stereocenters. The lowest BCUT2D eigenvalue weighted by atomic mass is 10.1. The lowest BCUT2D eigenvalue weighted by molar-refractivity contribution is -0.166. The zero-order valence-corrected chi connectivity index (χ0v) is 38.9. The Kier molecular flexibility index (Phi) is 45.1. The van der Waals surface area contributed by atoms with Gasteiger partial charge >= 0.3 is 17.9 Å². The van der Waals surface area contributed by atoms with Crippen LogP contribution in [0, 0.1) is 0 Å². The first-order valence-corrected chi connectivity index (χ1v) is 24.0. The Morgan fingerprint density at radius 3 is 1.02 bits per heavy atom. The summed E-state index contributed by atoms with van der Waals surface area (Å²) in [6.45, 7) is 6.17. The Hall–Kier alpha value is -4.19. The van der Waals surface area contributed by atoms with Gasteiger partial charge in [0.1, 0.15) is 13.2 Å². The molecule has 342 valence electrons. The van der Waals surface area contributed by atoms with Gasteiger partial charge in [-0.25, -0.2) is 0 Å². The smallest absolute Gasteiger partial charge is 0.306 e. The van der Waals surface area contributed by atoms with Crippen molar-refractivity contribution in [3.05, 3.63) is 122 Å². The molecule has 1 unspecified atom stereocenters. The summed E-state index contributed by atoms with van der Waals surface area (Å²) in [5.41, 5.74) is 0. The zero-order valence-electron chi connectivity index (χ0n) is 38.9. The average molecular weight is 843 g/mol. The minimum atomic E-state index is -0.825. The summed E-state index contributed by atoms with van der Waals surface area (Å²) in [5.74, 6) is -1.05. The van der Waals surface area contributed by atoms with Gasteiger partial charge in [0.15, 0.2) is 6.10 Å². The van der Waals surface area contributed by atoms with E-state index in [1.165, 1.54) is 0 Å². The van der Waals surface area contributed by atoms with E-state index in [4.69, 9.17) is 14.2 Å². The fraction of sp³-hybridized carbons (Fsp3) is 0.582. The number of hydrogen-bond acceptors (Lipinski definition) is 6. The lowest BCUT2D eigenvalue weighted by Gasteiger charge is -2.18. The molecular formula is C55H86O6. The number of ether oxygens (including phenoxy) is 3. The Morgan fingerprint density at radius 1 is 0.328 bits per heavy atom. The fourth-order valence-corrected chi connectivity index (χ4v) is 5.95. The van der Waals surface area contributed by atoms with Crippen molar-refractivity contribution >= 4 is 17.9 Å². The molecule has 0 saturated heterocycles. The topological polar surface area (TPSA) is 78.9 Å². The van der Waals surface area contributed by atoms with E-state index in [1.807, 2.05) is 12.2 Å². The molecule has 0 saturated carbocycles. The van der Waals surface area contributed by atoms with Crippen LogP contribution in [0.2, 0.25) is 0 Å². The zero-order chi connectivity index (χ0) is 44.4. The van der Waals surface area contributed by atoms with Gasteiger partial charge in [0.2, 0.25) is 0 Å². The first kappa shape index (κ1) is 56.8. The molecule has 0 rings (SSSR count). The molecule has 0 aliphatic rings. The first-order valence-electron chi connectivity index (χ1n) is 24.0. The molecule has 6 nitrogen and oxygen atoms in total. The van der Waals surface area contributed by atoms with E-state index in [-0.39, 0.29) is 44.0 Å². The van der Waals surface area contributed by atoms with Gasteiger partial charge in [0.05, 0.1) is 0 Å². The maximum absolute atomic E-state index is 12.8. The van der Waals surface area contributed by atoms with E-state index >= 15 is 0 Å². The van der Waals surface area contributed by atoms with Gasteiger partial charge in [0, 0.05) is 19.3 Å². The van der Waals surface area contributed by atoms with Crippen molar-refractivity contribution in [1.29, 1.82) is 0 Å². The number of allylic oxidation sites excluding steroid dienone is 20. The van der Waals surface area contributed by atoms with Crippen LogP contribution in [0.4, 0.5) is 0 Å². The Morgan fingerprint density at radius 2 is 0.623 bits per heavy atom. The third-order valence-corrected chi connectivity index (χ3v) is 9.46. The molecule has 61 heavy (non-hydrogen) atoms. The quantitative estimate of drug-likeness (QED) is 0.0264. The summed E-state index contributed by atoms with van der Waals surface area (Å²) in [4.78, 5) is 37.9. The summed E-state index contributed by atoms with van der Waals surface area (Å²) >= 11 is 0. The van der Waals surface area contributed by atoms with Crippen LogP contribution in [0.25, 0.3) is 0 Å². The maximum atomic E-state index is 12.8. The predicted octanol–water partition coefficient (Wildman–Crippen LogP) is 15.7. The normalized spacial score (nSPS) is 13.2. The molecule has 0 aliphatic carbocycles.